The zero-order valence-corrected chi connectivity index (χ0v) is 19.5. The molecule has 5 rings (SSSR count). The van der Waals surface area contributed by atoms with E-state index in [9.17, 15) is 9.59 Å². The minimum Gasteiger partial charge on any atom is -0.368 e. The number of ether oxygens (including phenoxy) is 1. The first kappa shape index (κ1) is 22.2. The van der Waals surface area contributed by atoms with E-state index in [1.165, 1.54) is 0 Å². The quantitative estimate of drug-likeness (QED) is 0.459. The average Bonchev–Trinajstić information content (AvgIpc) is 3.45. The number of aromatic nitrogens is 4. The van der Waals surface area contributed by atoms with Gasteiger partial charge in [-0.05, 0) is 37.3 Å². The van der Waals surface area contributed by atoms with Gasteiger partial charge in [0.05, 0.1) is 53.0 Å². The zero-order chi connectivity index (χ0) is 23.5. The number of aryl methyl sites for hydroxylation is 1. The molecular formula is C24H24N6O3S. The second kappa shape index (κ2) is 9.70. The van der Waals surface area contributed by atoms with Crippen LogP contribution in [0.15, 0.2) is 54.3 Å². The normalized spacial score (nSPS) is 16.7. The third kappa shape index (κ3) is 4.97. The molecule has 1 aromatic carbocycles. The molecule has 1 atom stereocenters. The lowest BCUT2D eigenvalue weighted by molar-refractivity contribution is -0.132. The molecule has 2 amide bonds. The Kier molecular flexibility index (Phi) is 6.33. The SMILES string of the molecule is Cc1nc(CN2C[C@@H](OCc3ccccn3)CN(C(=O)c3ccc4nc[nH]c4c3)CC2=O)cs1. The van der Waals surface area contributed by atoms with Gasteiger partial charge in [-0.3, -0.25) is 14.6 Å². The van der Waals surface area contributed by atoms with Crippen molar-refractivity contribution in [2.45, 2.75) is 26.2 Å². The number of nitrogens with one attached hydrogen (secondary N) is 1. The molecule has 1 fully saturated rings. The van der Waals surface area contributed by atoms with Crippen molar-refractivity contribution >= 4 is 34.2 Å². The van der Waals surface area contributed by atoms with Gasteiger partial charge in [-0.1, -0.05) is 6.07 Å². The molecule has 1 saturated heterocycles. The van der Waals surface area contributed by atoms with Crippen LogP contribution in [0, 0.1) is 6.92 Å². The van der Waals surface area contributed by atoms with Crippen LogP contribution in [0.3, 0.4) is 0 Å². The van der Waals surface area contributed by atoms with Crippen molar-refractivity contribution in [2.75, 3.05) is 19.6 Å². The molecule has 1 N–H and O–H groups in total. The lowest BCUT2D eigenvalue weighted by Crippen LogP contribution is -2.39. The predicted molar refractivity (Wildman–Crippen MR) is 127 cm³/mol. The standard InChI is InChI=1S/C24H24N6O3S/c1-16-28-19(14-34-16)9-29-10-20(33-13-18-4-2-3-7-25-18)11-30(12-23(29)31)24(32)17-5-6-21-22(8-17)27-15-26-21/h2-8,14-15,20H,9-13H2,1H3,(H,26,27)/t20-/m1/s1. The molecule has 1 aliphatic heterocycles. The van der Waals surface area contributed by atoms with E-state index >= 15 is 0 Å². The summed E-state index contributed by atoms with van der Waals surface area (Å²) in [6.07, 6.45) is 2.94. The first-order chi connectivity index (χ1) is 16.5. The third-order valence-corrected chi connectivity index (χ3v) is 6.52. The maximum absolute atomic E-state index is 13.4. The minimum absolute atomic E-state index is 0.0214. The fourth-order valence-corrected chi connectivity index (χ4v) is 4.61. The van der Waals surface area contributed by atoms with Gasteiger partial charge in [-0.2, -0.15) is 0 Å². The second-order valence-corrected chi connectivity index (χ2v) is 9.27. The summed E-state index contributed by atoms with van der Waals surface area (Å²) in [6, 6.07) is 10.9. The first-order valence-corrected chi connectivity index (χ1v) is 11.9. The maximum atomic E-state index is 13.4. The van der Waals surface area contributed by atoms with Gasteiger partial charge in [0.1, 0.15) is 6.54 Å². The van der Waals surface area contributed by atoms with Crippen LogP contribution >= 0.6 is 11.3 Å². The van der Waals surface area contributed by atoms with E-state index in [1.807, 2.05) is 30.5 Å². The summed E-state index contributed by atoms with van der Waals surface area (Å²) in [6.45, 7) is 3.26. The Bertz CT molecular complexity index is 1300. The molecule has 174 valence electrons. The van der Waals surface area contributed by atoms with Crippen LogP contribution in [0.5, 0.6) is 0 Å². The van der Waals surface area contributed by atoms with Crippen molar-refractivity contribution in [3.05, 3.63) is 76.3 Å². The Hall–Kier alpha value is -3.63. The van der Waals surface area contributed by atoms with Crippen molar-refractivity contribution in [3.8, 4) is 0 Å². The Labute approximate surface area is 200 Å². The van der Waals surface area contributed by atoms with Crippen molar-refractivity contribution < 1.29 is 14.3 Å². The fourth-order valence-electron chi connectivity index (χ4n) is 4.01. The number of thiazole rings is 1. The molecule has 4 heterocycles. The average molecular weight is 477 g/mol. The van der Waals surface area contributed by atoms with E-state index in [2.05, 4.69) is 19.9 Å². The highest BCUT2D eigenvalue weighted by molar-refractivity contribution is 7.09. The highest BCUT2D eigenvalue weighted by atomic mass is 32.1. The van der Waals surface area contributed by atoms with Crippen LogP contribution in [0.1, 0.15) is 26.8 Å². The van der Waals surface area contributed by atoms with Crippen molar-refractivity contribution in [3.63, 3.8) is 0 Å². The summed E-state index contributed by atoms with van der Waals surface area (Å²) >= 11 is 1.55. The number of amides is 2. The summed E-state index contributed by atoms with van der Waals surface area (Å²) in [5.41, 5.74) is 3.68. The van der Waals surface area contributed by atoms with Gasteiger partial charge >= 0.3 is 0 Å². The number of carbonyl (C=O) groups excluding carboxylic acids is 2. The molecule has 0 saturated carbocycles. The number of benzene rings is 1. The molecule has 3 aromatic heterocycles. The molecule has 0 aliphatic carbocycles. The van der Waals surface area contributed by atoms with Gasteiger partial charge in [0.2, 0.25) is 5.91 Å². The van der Waals surface area contributed by atoms with Crippen LogP contribution in [0.2, 0.25) is 0 Å². The number of H-pyrrole nitrogens is 1. The van der Waals surface area contributed by atoms with E-state index in [-0.39, 0.29) is 24.5 Å². The molecule has 34 heavy (non-hydrogen) atoms. The minimum atomic E-state index is -0.368. The number of rotatable bonds is 6. The molecule has 0 spiro atoms. The van der Waals surface area contributed by atoms with Crippen LogP contribution in [-0.4, -0.2) is 67.3 Å². The number of pyridine rings is 1. The predicted octanol–water partition coefficient (Wildman–Crippen LogP) is 2.79. The molecule has 4 aromatic rings. The molecule has 1 aliphatic rings. The zero-order valence-electron chi connectivity index (χ0n) is 18.7. The monoisotopic (exact) mass is 476 g/mol. The van der Waals surface area contributed by atoms with Gasteiger partial charge in [0.15, 0.2) is 0 Å². The van der Waals surface area contributed by atoms with Crippen LogP contribution in [0.25, 0.3) is 11.0 Å². The number of fused-ring (bicyclic) bond motifs is 1. The van der Waals surface area contributed by atoms with E-state index < -0.39 is 0 Å². The smallest absolute Gasteiger partial charge is 0.254 e. The number of aromatic amines is 1. The Morgan fingerprint density at radius 2 is 2.12 bits per heavy atom. The summed E-state index contributed by atoms with van der Waals surface area (Å²) in [7, 11) is 0. The lowest BCUT2D eigenvalue weighted by Gasteiger charge is -2.24. The van der Waals surface area contributed by atoms with Gasteiger partial charge in [-0.15, -0.1) is 11.3 Å². The highest BCUT2D eigenvalue weighted by Gasteiger charge is 2.32. The summed E-state index contributed by atoms with van der Waals surface area (Å²) in [5, 5.41) is 2.91. The van der Waals surface area contributed by atoms with Crippen LogP contribution in [-0.2, 0) is 22.7 Å². The largest absolute Gasteiger partial charge is 0.368 e. The van der Waals surface area contributed by atoms with Gasteiger partial charge in [0, 0.05) is 30.2 Å². The molecule has 0 bridgehead atoms. The molecule has 0 unspecified atom stereocenters. The number of nitrogens with zero attached hydrogens (tertiary/aromatic N) is 5. The van der Waals surface area contributed by atoms with E-state index in [0.717, 1.165) is 27.4 Å². The second-order valence-electron chi connectivity index (χ2n) is 8.21. The van der Waals surface area contributed by atoms with Crippen molar-refractivity contribution in [1.82, 2.24) is 29.7 Å². The number of hydrogen-bond donors (Lipinski definition) is 1. The molecule has 10 heteroatoms. The topological polar surface area (TPSA) is 104 Å². The number of hydrogen-bond acceptors (Lipinski definition) is 7. The lowest BCUT2D eigenvalue weighted by atomic mass is 10.1. The summed E-state index contributed by atoms with van der Waals surface area (Å²) in [4.78, 5) is 45.9. The summed E-state index contributed by atoms with van der Waals surface area (Å²) < 4.78 is 6.16. The van der Waals surface area contributed by atoms with Crippen LogP contribution in [0.4, 0.5) is 0 Å². The van der Waals surface area contributed by atoms with Gasteiger partial charge < -0.3 is 19.5 Å². The first-order valence-electron chi connectivity index (χ1n) is 11.0. The van der Waals surface area contributed by atoms with E-state index in [4.69, 9.17) is 4.74 Å². The molecule has 0 radical (unpaired) electrons. The number of imidazole rings is 1. The highest BCUT2D eigenvalue weighted by Crippen LogP contribution is 2.19. The molecule has 9 nitrogen and oxygen atoms in total. The van der Waals surface area contributed by atoms with E-state index in [1.54, 1.807) is 51.9 Å². The Morgan fingerprint density at radius 3 is 2.91 bits per heavy atom. The van der Waals surface area contributed by atoms with Gasteiger partial charge in [0.25, 0.3) is 5.91 Å². The van der Waals surface area contributed by atoms with Crippen LogP contribution < -0.4 is 0 Å². The molecular weight excluding hydrogens is 452 g/mol. The van der Waals surface area contributed by atoms with E-state index in [0.29, 0.717) is 31.8 Å². The van der Waals surface area contributed by atoms with Crippen molar-refractivity contribution in [2.24, 2.45) is 0 Å². The maximum Gasteiger partial charge on any atom is 0.254 e. The Balaban J connectivity index is 1.37. The van der Waals surface area contributed by atoms with Gasteiger partial charge in [-0.25, -0.2) is 9.97 Å². The van der Waals surface area contributed by atoms with Crippen molar-refractivity contribution in [1.29, 1.82) is 0 Å². The summed E-state index contributed by atoms with van der Waals surface area (Å²) in [5.74, 6) is -0.354. The number of carbonyl (C=O) groups is 2. The Morgan fingerprint density at radius 1 is 1.21 bits per heavy atom. The fraction of sp³-hybridized carbons (Fsp3) is 0.292. The third-order valence-electron chi connectivity index (χ3n) is 5.69.